The van der Waals surface area contributed by atoms with Gasteiger partial charge in [0.25, 0.3) is 10.2 Å². The SMILES string of the molecule is Cc1ccc(-c2noc(CCCN3CCN(S(=O)(=O)N(C)C)CC3)n2)cc1. The molecule has 0 atom stereocenters. The predicted molar refractivity (Wildman–Crippen MR) is 103 cm³/mol. The second kappa shape index (κ2) is 8.47. The Bertz CT molecular complexity index is 840. The molecule has 1 aromatic heterocycles. The van der Waals surface area contributed by atoms with E-state index in [1.165, 1.54) is 14.2 Å². The zero-order chi connectivity index (χ0) is 19.4. The minimum absolute atomic E-state index is 0.526. The third-order valence-electron chi connectivity index (χ3n) is 4.76. The van der Waals surface area contributed by atoms with Crippen molar-refractivity contribution in [3.05, 3.63) is 35.7 Å². The first-order chi connectivity index (χ1) is 12.9. The fourth-order valence-electron chi connectivity index (χ4n) is 3.04. The number of aromatic nitrogens is 2. The number of hydrogen-bond acceptors (Lipinski definition) is 6. The van der Waals surface area contributed by atoms with Gasteiger partial charge in [0.15, 0.2) is 0 Å². The van der Waals surface area contributed by atoms with Crippen molar-refractivity contribution in [3.8, 4) is 11.4 Å². The quantitative estimate of drug-likeness (QED) is 0.707. The molecule has 1 saturated heterocycles. The van der Waals surface area contributed by atoms with Crippen molar-refractivity contribution in [1.82, 2.24) is 23.7 Å². The maximum absolute atomic E-state index is 12.1. The minimum atomic E-state index is -3.31. The minimum Gasteiger partial charge on any atom is -0.339 e. The maximum atomic E-state index is 12.1. The van der Waals surface area contributed by atoms with Crippen molar-refractivity contribution in [2.24, 2.45) is 0 Å². The van der Waals surface area contributed by atoms with E-state index in [-0.39, 0.29) is 0 Å². The summed E-state index contributed by atoms with van der Waals surface area (Å²) in [4.78, 5) is 6.74. The van der Waals surface area contributed by atoms with Gasteiger partial charge in [0.05, 0.1) is 0 Å². The Balaban J connectivity index is 1.44. The first kappa shape index (κ1) is 19.9. The van der Waals surface area contributed by atoms with Gasteiger partial charge >= 0.3 is 0 Å². The molecule has 0 spiro atoms. The molecule has 0 unspecified atom stereocenters. The highest BCUT2D eigenvalue weighted by Crippen LogP contribution is 2.17. The van der Waals surface area contributed by atoms with Gasteiger partial charge in [-0.25, -0.2) is 0 Å². The van der Waals surface area contributed by atoms with Gasteiger partial charge in [0.2, 0.25) is 11.7 Å². The Hall–Kier alpha value is -1.81. The van der Waals surface area contributed by atoms with Gasteiger partial charge in [-0.05, 0) is 19.9 Å². The van der Waals surface area contributed by atoms with Crippen LogP contribution in [-0.2, 0) is 16.6 Å². The van der Waals surface area contributed by atoms with Crippen LogP contribution in [0.3, 0.4) is 0 Å². The monoisotopic (exact) mass is 393 g/mol. The summed E-state index contributed by atoms with van der Waals surface area (Å²) in [5.41, 5.74) is 2.15. The molecule has 8 nitrogen and oxygen atoms in total. The van der Waals surface area contributed by atoms with Crippen molar-refractivity contribution < 1.29 is 12.9 Å². The van der Waals surface area contributed by atoms with E-state index < -0.39 is 10.2 Å². The van der Waals surface area contributed by atoms with E-state index in [0.717, 1.165) is 38.0 Å². The predicted octanol–water partition coefficient (Wildman–Crippen LogP) is 1.40. The normalized spacial score (nSPS) is 16.9. The van der Waals surface area contributed by atoms with Gasteiger partial charge in [0, 0.05) is 52.3 Å². The molecule has 0 saturated carbocycles. The van der Waals surface area contributed by atoms with Crippen molar-refractivity contribution in [2.75, 3.05) is 46.8 Å². The molecule has 0 radical (unpaired) electrons. The summed E-state index contributed by atoms with van der Waals surface area (Å²) in [5.74, 6) is 1.26. The Morgan fingerprint density at radius 2 is 1.78 bits per heavy atom. The lowest BCUT2D eigenvalue weighted by atomic mass is 10.1. The molecule has 1 aromatic carbocycles. The lowest BCUT2D eigenvalue weighted by Crippen LogP contribution is -2.51. The standard InChI is InChI=1S/C18H27N5O3S/c1-15-6-8-16(9-7-15)18-19-17(26-20-18)5-4-10-22-11-13-23(14-12-22)27(24,25)21(2)3/h6-9H,4-5,10-14H2,1-3H3. The van der Waals surface area contributed by atoms with Crippen LogP contribution in [0.25, 0.3) is 11.4 Å². The Labute approximate surface area is 160 Å². The zero-order valence-corrected chi connectivity index (χ0v) is 16.9. The van der Waals surface area contributed by atoms with E-state index in [4.69, 9.17) is 4.52 Å². The topological polar surface area (TPSA) is 82.8 Å². The van der Waals surface area contributed by atoms with Crippen LogP contribution < -0.4 is 0 Å². The van der Waals surface area contributed by atoms with Crippen LogP contribution in [0.1, 0.15) is 17.9 Å². The molecule has 9 heteroatoms. The fraction of sp³-hybridized carbons (Fsp3) is 0.556. The first-order valence-electron chi connectivity index (χ1n) is 9.16. The highest BCUT2D eigenvalue weighted by molar-refractivity contribution is 7.86. The van der Waals surface area contributed by atoms with E-state index in [9.17, 15) is 8.42 Å². The van der Waals surface area contributed by atoms with Crippen LogP contribution in [0, 0.1) is 6.92 Å². The van der Waals surface area contributed by atoms with Crippen molar-refractivity contribution >= 4 is 10.2 Å². The molecule has 1 fully saturated rings. The van der Waals surface area contributed by atoms with Crippen LogP contribution in [0.4, 0.5) is 0 Å². The van der Waals surface area contributed by atoms with E-state index in [2.05, 4.69) is 15.0 Å². The number of rotatable bonds is 7. The summed E-state index contributed by atoms with van der Waals surface area (Å²) in [7, 11) is -0.174. The van der Waals surface area contributed by atoms with Gasteiger partial charge < -0.3 is 9.42 Å². The Morgan fingerprint density at radius 1 is 1.11 bits per heavy atom. The van der Waals surface area contributed by atoms with Gasteiger partial charge in [-0.15, -0.1) is 0 Å². The highest BCUT2D eigenvalue weighted by Gasteiger charge is 2.28. The van der Waals surface area contributed by atoms with Crippen molar-refractivity contribution in [2.45, 2.75) is 19.8 Å². The third kappa shape index (κ3) is 4.92. The van der Waals surface area contributed by atoms with Gasteiger partial charge in [0.1, 0.15) is 0 Å². The van der Waals surface area contributed by atoms with Gasteiger partial charge in [-0.2, -0.15) is 22.0 Å². The highest BCUT2D eigenvalue weighted by atomic mass is 32.2. The lowest BCUT2D eigenvalue weighted by molar-refractivity contribution is 0.181. The van der Waals surface area contributed by atoms with E-state index in [0.29, 0.717) is 24.8 Å². The lowest BCUT2D eigenvalue weighted by Gasteiger charge is -2.35. The second-order valence-electron chi connectivity index (χ2n) is 7.01. The molecule has 1 aliphatic rings. The molecule has 27 heavy (non-hydrogen) atoms. The van der Waals surface area contributed by atoms with E-state index >= 15 is 0 Å². The molecule has 3 rings (SSSR count). The van der Waals surface area contributed by atoms with Crippen molar-refractivity contribution in [1.29, 1.82) is 0 Å². The Kier molecular flexibility index (Phi) is 6.25. The third-order valence-corrected chi connectivity index (χ3v) is 6.70. The molecule has 0 aliphatic carbocycles. The molecule has 148 valence electrons. The van der Waals surface area contributed by atoms with Crippen LogP contribution in [-0.4, -0.2) is 78.9 Å². The largest absolute Gasteiger partial charge is 0.339 e. The summed E-state index contributed by atoms with van der Waals surface area (Å²) < 4.78 is 32.4. The Morgan fingerprint density at radius 3 is 2.41 bits per heavy atom. The van der Waals surface area contributed by atoms with E-state index in [1.54, 1.807) is 14.1 Å². The molecular formula is C18H27N5O3S. The summed E-state index contributed by atoms with van der Waals surface area (Å²) in [6, 6.07) is 8.04. The van der Waals surface area contributed by atoms with Gasteiger partial charge in [-0.3, -0.25) is 0 Å². The molecule has 0 bridgehead atoms. The van der Waals surface area contributed by atoms with Crippen LogP contribution in [0.15, 0.2) is 28.8 Å². The van der Waals surface area contributed by atoms with Gasteiger partial charge in [-0.1, -0.05) is 35.0 Å². The van der Waals surface area contributed by atoms with Crippen LogP contribution >= 0.6 is 0 Å². The molecule has 2 heterocycles. The fourth-order valence-corrected chi connectivity index (χ4v) is 4.13. The smallest absolute Gasteiger partial charge is 0.281 e. The molecular weight excluding hydrogens is 366 g/mol. The number of benzene rings is 1. The summed E-state index contributed by atoms with van der Waals surface area (Å²) >= 11 is 0. The van der Waals surface area contributed by atoms with Crippen LogP contribution in [0.2, 0.25) is 0 Å². The second-order valence-corrected chi connectivity index (χ2v) is 9.15. The van der Waals surface area contributed by atoms with Crippen molar-refractivity contribution in [3.63, 3.8) is 0 Å². The number of hydrogen-bond donors (Lipinski definition) is 0. The molecule has 2 aromatic rings. The first-order valence-corrected chi connectivity index (χ1v) is 10.6. The molecule has 0 N–H and O–H groups in total. The summed E-state index contributed by atoms with van der Waals surface area (Å²) in [5, 5.41) is 4.06. The molecule has 1 aliphatic heterocycles. The van der Waals surface area contributed by atoms with E-state index in [1.807, 2.05) is 31.2 Å². The number of nitrogens with zero attached hydrogens (tertiary/aromatic N) is 5. The molecule has 0 amide bonds. The number of piperazine rings is 1. The number of aryl methyl sites for hydroxylation is 2. The summed E-state index contributed by atoms with van der Waals surface area (Å²) in [6.45, 7) is 5.47. The summed E-state index contributed by atoms with van der Waals surface area (Å²) in [6.07, 6.45) is 1.62. The average Bonchev–Trinajstić information content (AvgIpc) is 3.11. The zero-order valence-electron chi connectivity index (χ0n) is 16.1. The van der Waals surface area contributed by atoms with Crippen LogP contribution in [0.5, 0.6) is 0 Å². The average molecular weight is 394 g/mol. The maximum Gasteiger partial charge on any atom is 0.281 e.